The fourth-order valence-electron chi connectivity index (χ4n) is 1.13. The molecule has 1 aromatic rings. The van der Waals surface area contributed by atoms with E-state index in [0.29, 0.717) is 23.8 Å². The quantitative estimate of drug-likeness (QED) is 0.664. The fraction of sp³-hybridized carbons (Fsp3) is 0.556. The van der Waals surface area contributed by atoms with Crippen molar-refractivity contribution in [3.8, 4) is 0 Å². The molecule has 0 N–H and O–H groups in total. The molecule has 0 radical (unpaired) electrons. The van der Waals surface area contributed by atoms with Gasteiger partial charge in [0.05, 0.1) is 5.69 Å². The molecule has 4 nitrogen and oxygen atoms in total. The average Bonchev–Trinajstić information content (AvgIpc) is 2.49. The summed E-state index contributed by atoms with van der Waals surface area (Å²) in [7, 11) is 0. The molecule has 0 bridgehead atoms. The molecule has 0 aliphatic rings. The molecule has 0 fully saturated rings. The molecule has 1 rings (SSSR count). The molecule has 0 aromatic carbocycles. The number of aryl methyl sites for hydroxylation is 1. The highest BCUT2D eigenvalue weighted by Crippen LogP contribution is 2.16. The van der Waals surface area contributed by atoms with Crippen molar-refractivity contribution >= 4 is 12.3 Å². The van der Waals surface area contributed by atoms with E-state index < -0.39 is 0 Å². The van der Waals surface area contributed by atoms with Gasteiger partial charge in [0.1, 0.15) is 0 Å². The summed E-state index contributed by atoms with van der Waals surface area (Å²) in [5.41, 5.74) is 0.650. The topological polar surface area (TPSA) is 46.3 Å². The van der Waals surface area contributed by atoms with Gasteiger partial charge in [0.25, 0.3) is 6.01 Å². The van der Waals surface area contributed by atoms with E-state index in [1.807, 2.05) is 18.7 Å². The van der Waals surface area contributed by atoms with Crippen LogP contribution >= 0.6 is 0 Å². The second-order valence-electron chi connectivity index (χ2n) is 2.74. The van der Waals surface area contributed by atoms with E-state index in [4.69, 9.17) is 4.42 Å². The van der Waals surface area contributed by atoms with Crippen LogP contribution in [0, 0.1) is 6.92 Å². The number of rotatable bonds is 4. The van der Waals surface area contributed by atoms with Crippen molar-refractivity contribution in [3.63, 3.8) is 0 Å². The molecule has 0 aliphatic heterocycles. The van der Waals surface area contributed by atoms with Gasteiger partial charge in [-0.25, -0.2) is 0 Å². The van der Waals surface area contributed by atoms with Crippen LogP contribution in [0.3, 0.4) is 0 Å². The number of carbonyl (C=O) groups excluding carboxylic acids is 1. The van der Waals surface area contributed by atoms with Crippen LogP contribution in [-0.2, 0) is 0 Å². The lowest BCUT2D eigenvalue weighted by Crippen LogP contribution is -2.21. The molecule has 0 spiro atoms. The Kier molecular flexibility index (Phi) is 3.06. The first-order chi connectivity index (χ1) is 6.22. The molecule has 0 saturated carbocycles. The Morgan fingerprint density at radius 2 is 2.08 bits per heavy atom. The smallest absolute Gasteiger partial charge is 0.298 e. The average molecular weight is 182 g/mol. The lowest BCUT2D eigenvalue weighted by Gasteiger charge is -2.14. The number of aromatic nitrogens is 1. The minimum atomic E-state index is 0.321. The molecular formula is C9H14N2O2. The summed E-state index contributed by atoms with van der Waals surface area (Å²) in [6.45, 7) is 7.46. The second-order valence-corrected chi connectivity index (χ2v) is 2.74. The van der Waals surface area contributed by atoms with Gasteiger partial charge in [0.15, 0.2) is 12.0 Å². The Bertz CT molecular complexity index is 290. The van der Waals surface area contributed by atoms with Gasteiger partial charge in [-0.15, -0.1) is 0 Å². The van der Waals surface area contributed by atoms with Crippen molar-refractivity contribution in [2.45, 2.75) is 20.8 Å². The first-order valence-corrected chi connectivity index (χ1v) is 4.40. The maximum absolute atomic E-state index is 10.5. The SMILES string of the molecule is CCN(CC)c1nc(C)c(C=O)o1. The monoisotopic (exact) mass is 182 g/mol. The Labute approximate surface area is 77.6 Å². The molecule has 0 unspecified atom stereocenters. The third-order valence-electron chi connectivity index (χ3n) is 1.96. The number of carbonyl (C=O) groups is 1. The Morgan fingerprint density at radius 1 is 1.46 bits per heavy atom. The van der Waals surface area contributed by atoms with Gasteiger partial charge < -0.3 is 9.32 Å². The lowest BCUT2D eigenvalue weighted by molar-refractivity contribution is 0.110. The predicted molar refractivity (Wildman–Crippen MR) is 50.2 cm³/mol. The summed E-state index contributed by atoms with van der Waals surface area (Å²) in [5.74, 6) is 0.321. The minimum Gasteiger partial charge on any atom is -0.420 e. The number of aldehydes is 1. The van der Waals surface area contributed by atoms with E-state index in [1.165, 1.54) is 0 Å². The molecule has 0 aliphatic carbocycles. The zero-order valence-corrected chi connectivity index (χ0v) is 8.20. The zero-order valence-electron chi connectivity index (χ0n) is 8.20. The Hall–Kier alpha value is -1.32. The van der Waals surface area contributed by atoms with Crippen LogP contribution in [0.15, 0.2) is 4.42 Å². The van der Waals surface area contributed by atoms with E-state index >= 15 is 0 Å². The van der Waals surface area contributed by atoms with E-state index in [0.717, 1.165) is 13.1 Å². The molecule has 13 heavy (non-hydrogen) atoms. The molecule has 72 valence electrons. The van der Waals surface area contributed by atoms with Crippen LogP contribution in [-0.4, -0.2) is 24.4 Å². The molecule has 1 heterocycles. The first kappa shape index (κ1) is 9.77. The fourth-order valence-corrected chi connectivity index (χ4v) is 1.13. The van der Waals surface area contributed by atoms with Gasteiger partial charge in [0, 0.05) is 13.1 Å². The van der Waals surface area contributed by atoms with Gasteiger partial charge in [-0.1, -0.05) is 0 Å². The summed E-state index contributed by atoms with van der Waals surface area (Å²) in [5, 5.41) is 0. The standard InChI is InChI=1S/C9H14N2O2/c1-4-11(5-2)9-10-7(3)8(6-12)13-9/h6H,4-5H2,1-3H3. The summed E-state index contributed by atoms with van der Waals surface area (Å²) >= 11 is 0. The van der Waals surface area contributed by atoms with E-state index in [1.54, 1.807) is 6.92 Å². The van der Waals surface area contributed by atoms with Crippen molar-refractivity contribution in [2.75, 3.05) is 18.0 Å². The van der Waals surface area contributed by atoms with E-state index in [-0.39, 0.29) is 0 Å². The van der Waals surface area contributed by atoms with Crippen LogP contribution in [0.25, 0.3) is 0 Å². The molecular weight excluding hydrogens is 168 g/mol. The third-order valence-corrected chi connectivity index (χ3v) is 1.96. The molecule has 0 amide bonds. The highest BCUT2D eigenvalue weighted by Gasteiger charge is 2.12. The molecule has 1 aromatic heterocycles. The summed E-state index contributed by atoms with van der Waals surface area (Å²) in [6, 6.07) is 0.532. The second kappa shape index (κ2) is 4.07. The van der Waals surface area contributed by atoms with Crippen LogP contribution < -0.4 is 4.90 Å². The van der Waals surface area contributed by atoms with Gasteiger partial charge in [0.2, 0.25) is 0 Å². The summed E-state index contributed by atoms with van der Waals surface area (Å²) in [4.78, 5) is 16.6. The van der Waals surface area contributed by atoms with Gasteiger partial charge in [-0.3, -0.25) is 4.79 Å². The number of nitrogens with zero attached hydrogens (tertiary/aromatic N) is 2. The van der Waals surface area contributed by atoms with Crippen molar-refractivity contribution in [1.29, 1.82) is 0 Å². The van der Waals surface area contributed by atoms with E-state index in [2.05, 4.69) is 4.98 Å². The zero-order chi connectivity index (χ0) is 9.84. The minimum absolute atomic E-state index is 0.321. The molecule has 0 saturated heterocycles. The van der Waals surface area contributed by atoms with Crippen LogP contribution in [0.5, 0.6) is 0 Å². The highest BCUT2D eigenvalue weighted by molar-refractivity contribution is 5.72. The van der Waals surface area contributed by atoms with Gasteiger partial charge in [-0.05, 0) is 20.8 Å². The van der Waals surface area contributed by atoms with Crippen LogP contribution in [0.4, 0.5) is 6.01 Å². The number of hydrogen-bond acceptors (Lipinski definition) is 4. The first-order valence-electron chi connectivity index (χ1n) is 4.40. The Morgan fingerprint density at radius 3 is 2.46 bits per heavy atom. The van der Waals surface area contributed by atoms with Crippen molar-refractivity contribution < 1.29 is 9.21 Å². The third kappa shape index (κ3) is 1.88. The largest absolute Gasteiger partial charge is 0.420 e. The normalized spacial score (nSPS) is 10.1. The number of anilines is 1. The van der Waals surface area contributed by atoms with Gasteiger partial charge in [-0.2, -0.15) is 4.98 Å². The predicted octanol–water partition coefficient (Wildman–Crippen LogP) is 1.64. The molecule has 4 heteroatoms. The number of hydrogen-bond donors (Lipinski definition) is 0. The van der Waals surface area contributed by atoms with Crippen LogP contribution in [0.1, 0.15) is 30.1 Å². The van der Waals surface area contributed by atoms with E-state index in [9.17, 15) is 4.79 Å². The van der Waals surface area contributed by atoms with Crippen molar-refractivity contribution in [2.24, 2.45) is 0 Å². The maximum atomic E-state index is 10.5. The number of oxazole rings is 1. The summed E-state index contributed by atoms with van der Waals surface area (Å²) in [6.07, 6.45) is 0.690. The van der Waals surface area contributed by atoms with Crippen molar-refractivity contribution in [3.05, 3.63) is 11.5 Å². The van der Waals surface area contributed by atoms with Crippen molar-refractivity contribution in [1.82, 2.24) is 4.98 Å². The summed E-state index contributed by atoms with van der Waals surface area (Å²) < 4.78 is 5.25. The Balaban J connectivity index is 2.94. The maximum Gasteiger partial charge on any atom is 0.298 e. The highest BCUT2D eigenvalue weighted by atomic mass is 16.4. The van der Waals surface area contributed by atoms with Gasteiger partial charge >= 0.3 is 0 Å². The molecule has 0 atom stereocenters. The van der Waals surface area contributed by atoms with Crippen LogP contribution in [0.2, 0.25) is 0 Å². The lowest BCUT2D eigenvalue weighted by atomic mass is 10.4.